The number of nitrogens with zero attached hydrogens (tertiary/aromatic N) is 4. The number of rotatable bonds is 8. The van der Waals surface area contributed by atoms with E-state index in [9.17, 15) is 4.79 Å². The van der Waals surface area contributed by atoms with Gasteiger partial charge in [-0.05, 0) is 48.2 Å². The van der Waals surface area contributed by atoms with E-state index in [1.807, 2.05) is 18.2 Å². The molecule has 1 aromatic heterocycles. The molecule has 0 bridgehead atoms. The van der Waals surface area contributed by atoms with E-state index in [0.717, 1.165) is 39.0 Å². The van der Waals surface area contributed by atoms with Crippen LogP contribution in [0.1, 0.15) is 18.4 Å². The number of hydrogen-bond donors (Lipinski definition) is 2. The summed E-state index contributed by atoms with van der Waals surface area (Å²) in [6, 6.07) is 15.5. The number of tetrazole rings is 1. The van der Waals surface area contributed by atoms with Gasteiger partial charge in [-0.25, -0.2) is 0 Å². The van der Waals surface area contributed by atoms with Gasteiger partial charge in [-0.2, -0.15) is 5.21 Å². The van der Waals surface area contributed by atoms with Crippen molar-refractivity contribution in [3.63, 3.8) is 0 Å². The van der Waals surface area contributed by atoms with Crippen molar-refractivity contribution >= 4 is 23.2 Å². The number of aromatic nitrogens is 4. The Morgan fingerprint density at radius 3 is 2.74 bits per heavy atom. The maximum absolute atomic E-state index is 12.6. The van der Waals surface area contributed by atoms with E-state index in [-0.39, 0.29) is 12.0 Å². The van der Waals surface area contributed by atoms with Crippen LogP contribution in [0.4, 0.5) is 5.69 Å². The molecule has 8 nitrogen and oxygen atoms in total. The molecule has 0 aliphatic carbocycles. The maximum Gasteiger partial charge on any atom is 0.238 e. The zero-order valence-electron chi connectivity index (χ0n) is 17.1. The summed E-state index contributed by atoms with van der Waals surface area (Å²) < 4.78 is 6.04. The molecule has 9 heteroatoms. The average molecular weight is 441 g/mol. The van der Waals surface area contributed by atoms with Gasteiger partial charge >= 0.3 is 0 Å². The van der Waals surface area contributed by atoms with Crippen LogP contribution in [0, 0.1) is 0 Å². The summed E-state index contributed by atoms with van der Waals surface area (Å²) in [7, 11) is 0. The molecule has 31 heavy (non-hydrogen) atoms. The fraction of sp³-hybridized carbons (Fsp3) is 0.364. The first-order valence-corrected chi connectivity index (χ1v) is 10.8. The minimum atomic E-state index is -0.101. The summed E-state index contributed by atoms with van der Waals surface area (Å²) in [5.74, 6) is 0.302. The lowest BCUT2D eigenvalue weighted by Gasteiger charge is -2.31. The fourth-order valence-electron chi connectivity index (χ4n) is 3.71. The average Bonchev–Trinajstić information content (AvgIpc) is 3.30. The van der Waals surface area contributed by atoms with Crippen molar-refractivity contribution in [2.24, 2.45) is 0 Å². The van der Waals surface area contributed by atoms with Crippen LogP contribution in [0.5, 0.6) is 0 Å². The van der Waals surface area contributed by atoms with Crippen molar-refractivity contribution in [1.29, 1.82) is 0 Å². The minimum Gasteiger partial charge on any atom is -0.378 e. The Kier molecular flexibility index (Phi) is 7.24. The highest BCUT2D eigenvalue weighted by Gasteiger charge is 2.22. The van der Waals surface area contributed by atoms with Crippen molar-refractivity contribution in [1.82, 2.24) is 25.5 Å². The summed E-state index contributed by atoms with van der Waals surface area (Å²) >= 11 is 6.11. The van der Waals surface area contributed by atoms with Crippen molar-refractivity contribution in [3.8, 4) is 11.4 Å². The van der Waals surface area contributed by atoms with Crippen LogP contribution in [-0.2, 0) is 16.0 Å². The summed E-state index contributed by atoms with van der Waals surface area (Å²) in [6.07, 6.45) is 3.02. The summed E-state index contributed by atoms with van der Waals surface area (Å²) in [5, 5.41) is 17.4. The van der Waals surface area contributed by atoms with Crippen LogP contribution in [0.25, 0.3) is 11.4 Å². The van der Waals surface area contributed by atoms with Gasteiger partial charge in [-0.15, -0.1) is 10.2 Å². The van der Waals surface area contributed by atoms with Crippen LogP contribution in [0.2, 0.25) is 5.02 Å². The molecule has 2 N–H and O–H groups in total. The molecule has 0 atom stereocenters. The van der Waals surface area contributed by atoms with Gasteiger partial charge in [0.15, 0.2) is 0 Å². The molecule has 2 heterocycles. The first kappa shape index (κ1) is 21.4. The number of hydrogen-bond acceptors (Lipinski definition) is 6. The van der Waals surface area contributed by atoms with Crippen LogP contribution in [0.3, 0.4) is 0 Å². The monoisotopic (exact) mass is 440 g/mol. The molecule has 3 aromatic rings. The number of carbonyl (C=O) groups excluding carboxylic acids is 1. The number of nitrogens with one attached hydrogen (secondary N) is 2. The van der Waals surface area contributed by atoms with Gasteiger partial charge < -0.3 is 10.1 Å². The van der Waals surface area contributed by atoms with Crippen LogP contribution in [-0.4, -0.2) is 63.8 Å². The zero-order valence-corrected chi connectivity index (χ0v) is 17.9. The third-order valence-corrected chi connectivity index (χ3v) is 5.57. The van der Waals surface area contributed by atoms with Crippen molar-refractivity contribution < 1.29 is 9.53 Å². The summed E-state index contributed by atoms with van der Waals surface area (Å²) in [4.78, 5) is 14.8. The van der Waals surface area contributed by atoms with Crippen LogP contribution < -0.4 is 5.32 Å². The molecule has 1 aliphatic rings. The Labute approximate surface area is 185 Å². The second-order valence-electron chi connectivity index (χ2n) is 7.56. The third-order valence-electron chi connectivity index (χ3n) is 5.33. The molecule has 1 aliphatic heterocycles. The van der Waals surface area contributed by atoms with E-state index in [1.165, 1.54) is 5.56 Å². The van der Waals surface area contributed by atoms with Crippen molar-refractivity contribution in [2.45, 2.75) is 25.4 Å². The van der Waals surface area contributed by atoms with Gasteiger partial charge in [0.2, 0.25) is 11.7 Å². The van der Waals surface area contributed by atoms with E-state index < -0.39 is 0 Å². The molecule has 0 radical (unpaired) electrons. The van der Waals surface area contributed by atoms with Gasteiger partial charge in [0.25, 0.3) is 0 Å². The molecule has 2 aromatic carbocycles. The fourth-order valence-corrected chi connectivity index (χ4v) is 3.88. The van der Waals surface area contributed by atoms with Crippen LogP contribution in [0.15, 0.2) is 48.5 Å². The molecule has 162 valence electrons. The van der Waals surface area contributed by atoms with Gasteiger partial charge in [0, 0.05) is 23.7 Å². The second-order valence-corrected chi connectivity index (χ2v) is 7.99. The first-order valence-electron chi connectivity index (χ1n) is 10.4. The highest BCUT2D eigenvalue weighted by Crippen LogP contribution is 2.28. The minimum absolute atomic E-state index is 0.101. The lowest BCUT2D eigenvalue weighted by atomic mass is 10.1. The first-order chi connectivity index (χ1) is 15.2. The number of likely N-dealkylation sites (tertiary alicyclic amines) is 1. The van der Waals surface area contributed by atoms with E-state index in [4.69, 9.17) is 16.3 Å². The van der Waals surface area contributed by atoms with Crippen molar-refractivity contribution in [3.05, 3.63) is 59.1 Å². The number of aromatic amines is 1. The number of H-pyrrole nitrogens is 1. The summed E-state index contributed by atoms with van der Waals surface area (Å²) in [6.45, 7) is 2.70. The van der Waals surface area contributed by atoms with Crippen molar-refractivity contribution in [2.75, 3.05) is 31.6 Å². The Morgan fingerprint density at radius 1 is 1.19 bits per heavy atom. The maximum atomic E-state index is 12.6. The molecule has 1 fully saturated rings. The highest BCUT2D eigenvalue weighted by molar-refractivity contribution is 6.31. The number of ether oxygens (including phenoxy) is 1. The topological polar surface area (TPSA) is 96.0 Å². The van der Waals surface area contributed by atoms with Gasteiger partial charge in [0.05, 0.1) is 24.9 Å². The highest BCUT2D eigenvalue weighted by atomic mass is 35.5. The molecule has 0 unspecified atom stereocenters. The number of halogens is 1. The zero-order chi connectivity index (χ0) is 21.5. The van der Waals surface area contributed by atoms with E-state index >= 15 is 0 Å². The number of benzene rings is 2. The molecule has 4 rings (SSSR count). The third kappa shape index (κ3) is 6.10. The molecule has 1 amide bonds. The van der Waals surface area contributed by atoms with Gasteiger partial charge in [-0.3, -0.25) is 9.69 Å². The number of anilines is 1. The van der Waals surface area contributed by atoms with E-state index in [1.54, 1.807) is 18.2 Å². The predicted molar refractivity (Wildman–Crippen MR) is 119 cm³/mol. The lowest BCUT2D eigenvalue weighted by Crippen LogP contribution is -2.41. The Balaban J connectivity index is 1.23. The van der Waals surface area contributed by atoms with Gasteiger partial charge in [0.1, 0.15) is 0 Å². The Morgan fingerprint density at radius 2 is 2.00 bits per heavy atom. The van der Waals surface area contributed by atoms with Crippen LogP contribution >= 0.6 is 11.6 Å². The van der Waals surface area contributed by atoms with E-state index in [0.29, 0.717) is 28.6 Å². The Hall–Kier alpha value is -2.81. The standard InChI is InChI=1S/C22H25ClN6O2/c23-17-6-7-19(22-25-27-28-26-22)20(14-17)24-21(30)15-29-11-8-18(9-12-29)31-13-10-16-4-2-1-3-5-16/h1-7,14,18H,8-13,15H2,(H,24,30)(H,25,26,27,28). The largest absolute Gasteiger partial charge is 0.378 e. The molecule has 0 saturated carbocycles. The SMILES string of the molecule is O=C(CN1CCC(OCCc2ccccc2)CC1)Nc1cc(Cl)ccc1-c1nn[nH]n1. The predicted octanol–water partition coefficient (Wildman–Crippen LogP) is 3.18. The number of amides is 1. The summed E-state index contributed by atoms with van der Waals surface area (Å²) in [5.41, 5.74) is 2.52. The Bertz CT molecular complexity index is 975. The van der Waals surface area contributed by atoms with E-state index in [2.05, 4.69) is 43.0 Å². The quantitative estimate of drug-likeness (QED) is 0.558. The molecular formula is C22H25ClN6O2. The number of carbonyl (C=O) groups is 1. The smallest absolute Gasteiger partial charge is 0.238 e. The molecule has 1 saturated heterocycles. The molecule has 0 spiro atoms. The second kappa shape index (κ2) is 10.5. The normalized spacial score (nSPS) is 15.1. The lowest BCUT2D eigenvalue weighted by molar-refractivity contribution is -0.118. The van der Waals surface area contributed by atoms with Gasteiger partial charge in [-0.1, -0.05) is 41.9 Å². The molecular weight excluding hydrogens is 416 g/mol. The number of piperidine rings is 1.